The van der Waals surface area contributed by atoms with E-state index in [2.05, 4.69) is 25.1 Å². The van der Waals surface area contributed by atoms with Crippen LogP contribution < -0.4 is 4.74 Å². The molecular formula is C13H17O. The third kappa shape index (κ3) is 1.92. The lowest BCUT2D eigenvalue weighted by atomic mass is 9.97. The van der Waals surface area contributed by atoms with Crippen molar-refractivity contribution in [2.75, 3.05) is 6.61 Å². The number of para-hydroxylation sites is 1. The lowest BCUT2D eigenvalue weighted by Crippen LogP contribution is -1.99. The van der Waals surface area contributed by atoms with Gasteiger partial charge < -0.3 is 4.74 Å². The van der Waals surface area contributed by atoms with Crippen molar-refractivity contribution < 1.29 is 4.74 Å². The molecule has 0 spiro atoms. The summed E-state index contributed by atoms with van der Waals surface area (Å²) >= 11 is 0. The van der Waals surface area contributed by atoms with E-state index in [-0.39, 0.29) is 0 Å². The Kier molecular flexibility index (Phi) is 3.07. The van der Waals surface area contributed by atoms with Gasteiger partial charge in [0.1, 0.15) is 5.75 Å². The third-order valence-electron chi connectivity index (χ3n) is 2.97. The van der Waals surface area contributed by atoms with Crippen LogP contribution in [0.1, 0.15) is 37.2 Å². The summed E-state index contributed by atoms with van der Waals surface area (Å²) in [6.07, 6.45) is 5.36. The minimum Gasteiger partial charge on any atom is -0.493 e. The largest absolute Gasteiger partial charge is 0.493 e. The van der Waals surface area contributed by atoms with Crippen LogP contribution in [0.2, 0.25) is 0 Å². The summed E-state index contributed by atoms with van der Waals surface area (Å²) in [5.41, 5.74) is 1.38. The lowest BCUT2D eigenvalue weighted by Gasteiger charge is -2.14. The summed E-state index contributed by atoms with van der Waals surface area (Å²) in [6.45, 7) is 4.24. The first-order valence-electron chi connectivity index (χ1n) is 5.43. The highest BCUT2D eigenvalue weighted by atomic mass is 16.5. The molecule has 0 unspecified atom stereocenters. The first-order chi connectivity index (χ1) is 6.92. The minimum atomic E-state index is 0.518. The molecule has 1 saturated carbocycles. The molecule has 0 bridgehead atoms. The van der Waals surface area contributed by atoms with Crippen molar-refractivity contribution in [1.82, 2.24) is 0 Å². The Morgan fingerprint density at radius 3 is 2.64 bits per heavy atom. The molecule has 14 heavy (non-hydrogen) atoms. The zero-order chi connectivity index (χ0) is 9.80. The van der Waals surface area contributed by atoms with E-state index in [0.29, 0.717) is 6.61 Å². The molecule has 1 aromatic rings. The summed E-state index contributed by atoms with van der Waals surface area (Å²) in [4.78, 5) is 0. The van der Waals surface area contributed by atoms with E-state index in [1.807, 2.05) is 6.07 Å². The van der Waals surface area contributed by atoms with Crippen LogP contribution in [0.4, 0.5) is 0 Å². The van der Waals surface area contributed by atoms with E-state index < -0.39 is 0 Å². The van der Waals surface area contributed by atoms with E-state index in [1.165, 1.54) is 31.2 Å². The molecular weight excluding hydrogens is 172 g/mol. The van der Waals surface area contributed by atoms with E-state index in [0.717, 1.165) is 11.7 Å². The molecule has 1 nitrogen and oxygen atoms in total. The first kappa shape index (κ1) is 9.57. The van der Waals surface area contributed by atoms with Crippen LogP contribution in [0.25, 0.3) is 0 Å². The Hall–Kier alpha value is -0.980. The maximum atomic E-state index is 5.54. The highest BCUT2D eigenvalue weighted by Gasteiger charge is 2.19. The normalized spacial score (nSPS) is 17.2. The monoisotopic (exact) mass is 189 g/mol. The molecule has 0 aliphatic heterocycles. The Balaban J connectivity index is 2.21. The molecule has 0 saturated heterocycles. The van der Waals surface area contributed by atoms with E-state index in [1.54, 1.807) is 0 Å². The Morgan fingerprint density at radius 1 is 1.21 bits per heavy atom. The quantitative estimate of drug-likeness (QED) is 0.706. The molecule has 0 aromatic heterocycles. The van der Waals surface area contributed by atoms with Crippen molar-refractivity contribution in [3.63, 3.8) is 0 Å². The average molecular weight is 189 g/mol. The van der Waals surface area contributed by atoms with Crippen LogP contribution in [0.5, 0.6) is 5.75 Å². The van der Waals surface area contributed by atoms with Crippen LogP contribution in [-0.4, -0.2) is 6.61 Å². The van der Waals surface area contributed by atoms with Crippen LogP contribution >= 0.6 is 0 Å². The van der Waals surface area contributed by atoms with Gasteiger partial charge in [0.15, 0.2) is 0 Å². The summed E-state index contributed by atoms with van der Waals surface area (Å²) in [5.74, 6) is 1.76. The second-order valence-corrected chi connectivity index (χ2v) is 3.87. The van der Waals surface area contributed by atoms with Crippen molar-refractivity contribution >= 4 is 0 Å². The van der Waals surface area contributed by atoms with Gasteiger partial charge in [-0.25, -0.2) is 0 Å². The standard InChI is InChI=1S/C13H17O/c1-2-14-13-10-6-5-9-12(13)11-7-3-4-8-11/h5-6,9-11H,1-4,7-8H2. The molecule has 0 N–H and O–H groups in total. The maximum absolute atomic E-state index is 5.54. The number of hydrogen-bond donors (Lipinski definition) is 0. The van der Waals surface area contributed by atoms with Crippen molar-refractivity contribution in [2.24, 2.45) is 0 Å². The Bertz CT molecular complexity index is 287. The summed E-state index contributed by atoms with van der Waals surface area (Å²) < 4.78 is 5.54. The highest BCUT2D eigenvalue weighted by molar-refractivity contribution is 5.36. The molecule has 1 fully saturated rings. The molecule has 75 valence electrons. The molecule has 1 aliphatic carbocycles. The second-order valence-electron chi connectivity index (χ2n) is 3.87. The van der Waals surface area contributed by atoms with E-state index >= 15 is 0 Å². The molecule has 2 rings (SSSR count). The SMILES string of the molecule is [CH2]COc1ccccc1C1CCCC1. The van der Waals surface area contributed by atoms with E-state index in [9.17, 15) is 0 Å². The van der Waals surface area contributed by atoms with E-state index in [4.69, 9.17) is 4.74 Å². The maximum Gasteiger partial charge on any atom is 0.122 e. The van der Waals surface area contributed by atoms with Gasteiger partial charge in [0.2, 0.25) is 0 Å². The fraction of sp³-hybridized carbons (Fsp3) is 0.462. The molecule has 0 atom stereocenters. The topological polar surface area (TPSA) is 9.23 Å². The first-order valence-corrected chi connectivity index (χ1v) is 5.43. The van der Waals surface area contributed by atoms with Gasteiger partial charge in [-0.15, -0.1) is 0 Å². The van der Waals surface area contributed by atoms with Crippen LogP contribution in [0, 0.1) is 6.92 Å². The van der Waals surface area contributed by atoms with Crippen molar-refractivity contribution in [3.8, 4) is 5.75 Å². The fourth-order valence-corrected chi connectivity index (χ4v) is 2.30. The number of benzene rings is 1. The summed E-state index contributed by atoms with van der Waals surface area (Å²) in [6, 6.07) is 8.38. The van der Waals surface area contributed by atoms with Crippen molar-refractivity contribution in [2.45, 2.75) is 31.6 Å². The predicted octanol–water partition coefficient (Wildman–Crippen LogP) is 3.56. The highest BCUT2D eigenvalue weighted by Crippen LogP contribution is 2.38. The molecule has 0 amide bonds. The Labute approximate surface area is 86.1 Å². The molecule has 0 heterocycles. The van der Waals surface area contributed by atoms with Gasteiger partial charge in [-0.2, -0.15) is 0 Å². The van der Waals surface area contributed by atoms with Gasteiger partial charge in [0.05, 0.1) is 6.61 Å². The lowest BCUT2D eigenvalue weighted by molar-refractivity contribution is 0.354. The van der Waals surface area contributed by atoms with Gasteiger partial charge in [0, 0.05) is 0 Å². The molecule has 1 heteroatoms. The summed E-state index contributed by atoms with van der Waals surface area (Å²) in [7, 11) is 0. The van der Waals surface area contributed by atoms with Crippen LogP contribution in [-0.2, 0) is 0 Å². The van der Waals surface area contributed by atoms with Gasteiger partial charge in [0.25, 0.3) is 0 Å². The number of rotatable bonds is 3. The minimum absolute atomic E-state index is 0.518. The fourth-order valence-electron chi connectivity index (χ4n) is 2.30. The number of hydrogen-bond acceptors (Lipinski definition) is 1. The smallest absolute Gasteiger partial charge is 0.122 e. The second kappa shape index (κ2) is 4.50. The number of ether oxygens (including phenoxy) is 1. The van der Waals surface area contributed by atoms with Gasteiger partial charge >= 0.3 is 0 Å². The van der Waals surface area contributed by atoms with Gasteiger partial charge in [-0.3, -0.25) is 0 Å². The zero-order valence-electron chi connectivity index (χ0n) is 8.54. The summed E-state index contributed by atoms with van der Waals surface area (Å²) in [5, 5.41) is 0. The van der Waals surface area contributed by atoms with Gasteiger partial charge in [-0.05, 0) is 37.3 Å². The molecule has 1 aromatic carbocycles. The molecule has 1 radical (unpaired) electrons. The van der Waals surface area contributed by atoms with Crippen LogP contribution in [0.15, 0.2) is 24.3 Å². The third-order valence-corrected chi connectivity index (χ3v) is 2.97. The average Bonchev–Trinajstić information content (AvgIpc) is 2.72. The van der Waals surface area contributed by atoms with Crippen LogP contribution in [0.3, 0.4) is 0 Å². The Morgan fingerprint density at radius 2 is 1.93 bits per heavy atom. The van der Waals surface area contributed by atoms with Gasteiger partial charge in [-0.1, -0.05) is 31.0 Å². The van der Waals surface area contributed by atoms with Crippen molar-refractivity contribution in [3.05, 3.63) is 36.8 Å². The molecule has 1 aliphatic rings. The van der Waals surface area contributed by atoms with Crippen molar-refractivity contribution in [1.29, 1.82) is 0 Å². The zero-order valence-corrected chi connectivity index (χ0v) is 8.54. The predicted molar refractivity (Wildman–Crippen MR) is 58.5 cm³/mol.